The molecule has 0 aromatic rings. The first-order chi connectivity index (χ1) is 44.8. The average Bonchev–Trinajstić information content (AvgIpc) is 3.23. The van der Waals surface area contributed by atoms with Gasteiger partial charge in [0.1, 0.15) is 19.3 Å². The zero-order valence-corrected chi connectivity index (χ0v) is 62.5. The van der Waals surface area contributed by atoms with Crippen molar-refractivity contribution in [3.63, 3.8) is 0 Å². The summed E-state index contributed by atoms with van der Waals surface area (Å²) in [6.45, 7) is 11.9. The molecule has 0 bridgehead atoms. The van der Waals surface area contributed by atoms with Crippen LogP contribution in [0.5, 0.6) is 0 Å². The summed E-state index contributed by atoms with van der Waals surface area (Å²) in [6.07, 6.45) is 50.0. The SMILES string of the molecule is CCCCCCCCCCC(=O)OC[C@H](COP(=O)(O)OC[C@H](O)COP(=O)(O)OC[C@@H](COC(=O)CCCCCCCCCCCCCC(C)C)OC(=O)CCCCCCCCCCCCCCCCCCC(C)C)OC(=O)CCCCCCCCCCC(C)CC. The normalized spacial score (nSPS) is 14.4. The number of hydrogen-bond donors (Lipinski definition) is 3. The summed E-state index contributed by atoms with van der Waals surface area (Å²) in [5.74, 6) is 0.226. The smallest absolute Gasteiger partial charge is 0.462 e. The standard InChI is InChI=1S/C74H144O17P2/c1-8-10-11-12-13-34-41-48-55-71(76)84-61-69(91-74(79)58-51-44-37-30-29-33-40-47-54-67(7)9-2)63-88-92(80,81)86-59-68(75)60-87-93(82,83)89-64-70(62-85-72(77)56-49-42-35-27-24-20-22-26-32-39-46-53-66(5)6)90-73(78)57-50-43-36-28-23-19-17-15-14-16-18-21-25-31-38-45-52-65(3)4/h65-70,75H,8-64H2,1-7H3,(H,80,81)(H,82,83)/t67?,68-,69+,70+/m0/s1. The van der Waals surface area contributed by atoms with Gasteiger partial charge in [-0.1, -0.05) is 325 Å². The molecule has 6 atom stereocenters. The highest BCUT2D eigenvalue weighted by molar-refractivity contribution is 7.47. The molecular formula is C74H144O17P2. The van der Waals surface area contributed by atoms with Gasteiger partial charge < -0.3 is 33.8 Å². The maximum Gasteiger partial charge on any atom is 0.472 e. The minimum absolute atomic E-state index is 0.105. The van der Waals surface area contributed by atoms with E-state index in [-0.39, 0.29) is 25.7 Å². The van der Waals surface area contributed by atoms with Crippen LogP contribution < -0.4 is 0 Å². The second-order valence-corrected chi connectivity index (χ2v) is 30.8. The van der Waals surface area contributed by atoms with Crippen molar-refractivity contribution in [2.45, 2.75) is 394 Å². The van der Waals surface area contributed by atoms with Crippen LogP contribution >= 0.6 is 15.6 Å². The highest BCUT2D eigenvalue weighted by atomic mass is 31.2. The van der Waals surface area contributed by atoms with Crippen LogP contribution in [0.4, 0.5) is 0 Å². The van der Waals surface area contributed by atoms with E-state index in [0.29, 0.717) is 25.7 Å². The molecular weight excluding hydrogens is 1220 g/mol. The molecule has 0 aromatic heterocycles. The monoisotopic (exact) mass is 1370 g/mol. The zero-order chi connectivity index (χ0) is 68.7. The summed E-state index contributed by atoms with van der Waals surface area (Å²) >= 11 is 0. The molecule has 3 N–H and O–H groups in total. The van der Waals surface area contributed by atoms with E-state index in [0.717, 1.165) is 114 Å². The number of aliphatic hydroxyl groups excluding tert-OH is 1. The summed E-state index contributed by atoms with van der Waals surface area (Å²) in [6, 6.07) is 0. The molecule has 0 heterocycles. The van der Waals surface area contributed by atoms with E-state index < -0.39 is 97.5 Å². The predicted molar refractivity (Wildman–Crippen MR) is 377 cm³/mol. The Morgan fingerprint density at radius 1 is 0.312 bits per heavy atom. The van der Waals surface area contributed by atoms with Crippen molar-refractivity contribution in [3.05, 3.63) is 0 Å². The van der Waals surface area contributed by atoms with E-state index in [9.17, 15) is 43.2 Å². The largest absolute Gasteiger partial charge is 0.472 e. The first kappa shape index (κ1) is 91.1. The third-order valence-electron chi connectivity index (χ3n) is 17.5. The number of carbonyl (C=O) groups is 4. The van der Waals surface area contributed by atoms with Crippen molar-refractivity contribution < 1.29 is 80.2 Å². The molecule has 0 aromatic carbocycles. The Kier molecular flexibility index (Phi) is 63.4. The van der Waals surface area contributed by atoms with Crippen molar-refractivity contribution in [2.75, 3.05) is 39.6 Å². The minimum Gasteiger partial charge on any atom is -0.462 e. The summed E-state index contributed by atoms with van der Waals surface area (Å²) in [7, 11) is -9.90. The molecule has 0 radical (unpaired) electrons. The molecule has 0 saturated heterocycles. The molecule has 0 rings (SSSR count). The quantitative estimate of drug-likeness (QED) is 0.0222. The van der Waals surface area contributed by atoms with Crippen molar-refractivity contribution in [2.24, 2.45) is 17.8 Å². The maximum atomic E-state index is 13.1. The number of carbonyl (C=O) groups excluding carboxylic acids is 4. The molecule has 552 valence electrons. The number of phosphoric ester groups is 2. The molecule has 0 fully saturated rings. The van der Waals surface area contributed by atoms with Crippen LogP contribution in [0.2, 0.25) is 0 Å². The molecule has 0 spiro atoms. The first-order valence-electron chi connectivity index (χ1n) is 38.4. The lowest BCUT2D eigenvalue weighted by Crippen LogP contribution is -2.30. The number of unbranched alkanes of at least 4 members (excludes halogenated alkanes) is 39. The topological polar surface area (TPSA) is 237 Å². The molecule has 3 unspecified atom stereocenters. The lowest BCUT2D eigenvalue weighted by atomic mass is 9.99. The van der Waals surface area contributed by atoms with Gasteiger partial charge in [-0.3, -0.25) is 37.3 Å². The van der Waals surface area contributed by atoms with E-state index >= 15 is 0 Å². The molecule has 0 aliphatic rings. The summed E-state index contributed by atoms with van der Waals surface area (Å²) in [5, 5.41) is 10.6. The minimum atomic E-state index is -4.96. The fourth-order valence-electron chi connectivity index (χ4n) is 11.2. The number of phosphoric acid groups is 2. The predicted octanol–water partition coefficient (Wildman–Crippen LogP) is 21.4. The van der Waals surface area contributed by atoms with Crippen LogP contribution in [0, 0.1) is 17.8 Å². The lowest BCUT2D eigenvalue weighted by Gasteiger charge is -2.21. The van der Waals surface area contributed by atoms with Gasteiger partial charge in [0.05, 0.1) is 26.4 Å². The second-order valence-electron chi connectivity index (χ2n) is 27.9. The molecule has 93 heavy (non-hydrogen) atoms. The van der Waals surface area contributed by atoms with Gasteiger partial charge in [-0.2, -0.15) is 0 Å². The van der Waals surface area contributed by atoms with Crippen LogP contribution in [0.1, 0.15) is 376 Å². The molecule has 0 aliphatic carbocycles. The van der Waals surface area contributed by atoms with Crippen molar-refractivity contribution in [3.8, 4) is 0 Å². The lowest BCUT2D eigenvalue weighted by molar-refractivity contribution is -0.161. The number of ether oxygens (including phenoxy) is 4. The van der Waals surface area contributed by atoms with Crippen molar-refractivity contribution in [1.29, 1.82) is 0 Å². The number of esters is 4. The van der Waals surface area contributed by atoms with Gasteiger partial charge in [0, 0.05) is 25.7 Å². The van der Waals surface area contributed by atoms with Crippen LogP contribution in [0.15, 0.2) is 0 Å². The van der Waals surface area contributed by atoms with E-state index in [1.807, 2.05) is 0 Å². The Morgan fingerprint density at radius 2 is 0.548 bits per heavy atom. The number of rotatable bonds is 72. The second kappa shape index (κ2) is 64.7. The summed E-state index contributed by atoms with van der Waals surface area (Å²) in [5.41, 5.74) is 0. The Labute approximate surface area is 568 Å². The van der Waals surface area contributed by atoms with Gasteiger partial charge in [-0.25, -0.2) is 9.13 Å². The Bertz CT molecular complexity index is 1820. The van der Waals surface area contributed by atoms with Crippen LogP contribution in [0.3, 0.4) is 0 Å². The van der Waals surface area contributed by atoms with Crippen molar-refractivity contribution >= 4 is 39.5 Å². The average molecular weight is 1370 g/mol. The number of hydrogen-bond acceptors (Lipinski definition) is 15. The van der Waals surface area contributed by atoms with Crippen LogP contribution in [0.25, 0.3) is 0 Å². The van der Waals surface area contributed by atoms with Gasteiger partial charge in [0.25, 0.3) is 0 Å². The van der Waals surface area contributed by atoms with Crippen LogP contribution in [-0.4, -0.2) is 96.7 Å². The Morgan fingerprint density at radius 3 is 0.817 bits per heavy atom. The van der Waals surface area contributed by atoms with E-state index in [2.05, 4.69) is 48.5 Å². The maximum absolute atomic E-state index is 13.1. The Hall–Kier alpha value is -1.94. The highest BCUT2D eigenvalue weighted by Crippen LogP contribution is 2.45. The fraction of sp³-hybridized carbons (Fsp3) is 0.946. The van der Waals surface area contributed by atoms with E-state index in [1.54, 1.807) is 0 Å². The molecule has 0 amide bonds. The van der Waals surface area contributed by atoms with E-state index in [1.165, 1.54) is 180 Å². The van der Waals surface area contributed by atoms with Gasteiger partial charge >= 0.3 is 39.5 Å². The van der Waals surface area contributed by atoms with Gasteiger partial charge in [-0.15, -0.1) is 0 Å². The first-order valence-corrected chi connectivity index (χ1v) is 41.4. The fourth-order valence-corrected chi connectivity index (χ4v) is 12.8. The summed E-state index contributed by atoms with van der Waals surface area (Å²) < 4.78 is 68.4. The molecule has 19 heteroatoms. The number of aliphatic hydroxyl groups is 1. The van der Waals surface area contributed by atoms with E-state index in [4.69, 9.17) is 37.0 Å². The van der Waals surface area contributed by atoms with Gasteiger partial charge in [0.2, 0.25) is 0 Å². The van der Waals surface area contributed by atoms with Gasteiger partial charge in [0.15, 0.2) is 12.2 Å². The molecule has 0 aliphatic heterocycles. The van der Waals surface area contributed by atoms with Crippen molar-refractivity contribution in [1.82, 2.24) is 0 Å². The third kappa shape index (κ3) is 67.0. The molecule has 17 nitrogen and oxygen atoms in total. The zero-order valence-electron chi connectivity index (χ0n) is 60.7. The highest BCUT2D eigenvalue weighted by Gasteiger charge is 2.30. The summed E-state index contributed by atoms with van der Waals surface area (Å²) in [4.78, 5) is 72.6. The Balaban J connectivity index is 5.21. The van der Waals surface area contributed by atoms with Crippen LogP contribution in [-0.2, 0) is 65.4 Å². The third-order valence-corrected chi connectivity index (χ3v) is 19.4. The molecule has 0 saturated carbocycles. The van der Waals surface area contributed by atoms with Gasteiger partial charge in [-0.05, 0) is 43.4 Å².